The van der Waals surface area contributed by atoms with Crippen molar-refractivity contribution in [2.75, 3.05) is 24.7 Å². The average molecular weight is 560 g/mol. The second-order valence-corrected chi connectivity index (χ2v) is 11.7. The molecule has 3 N–H and O–H groups in total. The second-order valence-electron chi connectivity index (χ2n) is 11.7. The molecule has 3 aromatic carbocycles. The van der Waals surface area contributed by atoms with E-state index in [9.17, 15) is 4.79 Å². The number of fused-ring (bicyclic) bond motifs is 1. The lowest BCUT2D eigenvalue weighted by molar-refractivity contribution is 0.102. The first-order chi connectivity index (χ1) is 20.0. The fourth-order valence-corrected chi connectivity index (χ4v) is 4.70. The number of likely N-dealkylation sites (N-methyl/N-ethyl adjacent to an activating group) is 1. The SMILES string of the molecule is Cc1c(NC(=O)c2ccc(C(C)(C)C)cc2)cccc1-c1cn2ccnc2c(Nc2ccc(CC(=N)N(C)C)cc2)n1. The van der Waals surface area contributed by atoms with Crippen molar-refractivity contribution in [2.24, 2.45) is 0 Å². The molecule has 0 saturated heterocycles. The molecule has 0 saturated carbocycles. The average Bonchev–Trinajstić information content (AvgIpc) is 3.44. The highest BCUT2D eigenvalue weighted by Crippen LogP contribution is 2.31. The monoisotopic (exact) mass is 559 g/mol. The largest absolute Gasteiger partial charge is 0.366 e. The Balaban J connectivity index is 1.40. The van der Waals surface area contributed by atoms with Gasteiger partial charge in [-0.3, -0.25) is 10.2 Å². The minimum absolute atomic E-state index is 0.0252. The Labute approximate surface area is 247 Å². The molecule has 0 aliphatic carbocycles. The number of carbonyl (C=O) groups is 1. The fourth-order valence-electron chi connectivity index (χ4n) is 4.70. The van der Waals surface area contributed by atoms with Crippen LogP contribution in [0.5, 0.6) is 0 Å². The Morgan fingerprint density at radius 1 is 1.00 bits per heavy atom. The molecule has 2 heterocycles. The van der Waals surface area contributed by atoms with Crippen molar-refractivity contribution in [1.82, 2.24) is 19.3 Å². The zero-order valence-electron chi connectivity index (χ0n) is 25.0. The van der Waals surface area contributed by atoms with Gasteiger partial charge in [0.25, 0.3) is 5.91 Å². The van der Waals surface area contributed by atoms with E-state index in [1.807, 2.05) is 109 Å². The van der Waals surface area contributed by atoms with Crippen LogP contribution in [-0.2, 0) is 11.8 Å². The first kappa shape index (κ1) is 28.5. The third kappa shape index (κ3) is 6.17. The highest BCUT2D eigenvalue weighted by molar-refractivity contribution is 6.05. The quantitative estimate of drug-likeness (QED) is 0.146. The van der Waals surface area contributed by atoms with Crippen molar-refractivity contribution in [3.05, 3.63) is 108 Å². The summed E-state index contributed by atoms with van der Waals surface area (Å²) in [5.74, 6) is 1.02. The lowest BCUT2D eigenvalue weighted by atomic mass is 9.86. The summed E-state index contributed by atoms with van der Waals surface area (Å²) < 4.78 is 1.94. The van der Waals surface area contributed by atoms with Crippen LogP contribution in [0.4, 0.5) is 17.2 Å². The normalized spacial score (nSPS) is 11.4. The van der Waals surface area contributed by atoms with Crippen LogP contribution >= 0.6 is 0 Å². The van der Waals surface area contributed by atoms with Gasteiger partial charge in [0.1, 0.15) is 0 Å². The molecule has 0 aliphatic heterocycles. The van der Waals surface area contributed by atoms with Gasteiger partial charge in [-0.25, -0.2) is 9.97 Å². The van der Waals surface area contributed by atoms with Crippen LogP contribution in [0, 0.1) is 12.3 Å². The summed E-state index contributed by atoms with van der Waals surface area (Å²) in [6, 6.07) is 21.6. The summed E-state index contributed by atoms with van der Waals surface area (Å²) in [5.41, 5.74) is 7.78. The standard InChI is InChI=1S/C34H37N7O/c1-22-27(8-7-9-28(22)39-33(42)24-12-14-25(15-13-24)34(2,3)4)29-21-41-19-18-36-32(41)31(38-29)37-26-16-10-23(11-17-26)20-30(35)40(5)6/h7-19,21,35H,20H2,1-6H3,(H,37,38)(H,39,42). The Bertz CT molecular complexity index is 1740. The van der Waals surface area contributed by atoms with E-state index < -0.39 is 0 Å². The number of anilines is 3. The number of amides is 1. The molecule has 0 bridgehead atoms. The molecule has 214 valence electrons. The number of benzene rings is 3. The van der Waals surface area contributed by atoms with Crippen molar-refractivity contribution < 1.29 is 4.79 Å². The third-order valence-corrected chi connectivity index (χ3v) is 7.37. The number of nitrogens with zero attached hydrogens (tertiary/aromatic N) is 4. The van der Waals surface area contributed by atoms with Crippen molar-refractivity contribution >= 4 is 34.6 Å². The molecule has 0 fully saturated rings. The van der Waals surface area contributed by atoms with E-state index >= 15 is 0 Å². The van der Waals surface area contributed by atoms with Gasteiger partial charge in [0, 0.05) is 61.6 Å². The molecule has 2 aromatic heterocycles. The van der Waals surface area contributed by atoms with Crippen LogP contribution in [-0.4, -0.2) is 45.1 Å². The highest BCUT2D eigenvalue weighted by Gasteiger charge is 2.17. The fraction of sp³-hybridized carbons (Fsp3) is 0.235. The minimum Gasteiger partial charge on any atom is -0.366 e. The van der Waals surface area contributed by atoms with Crippen molar-refractivity contribution in [3.63, 3.8) is 0 Å². The minimum atomic E-state index is -0.153. The Kier molecular flexibility index (Phi) is 7.81. The molecule has 8 nitrogen and oxygen atoms in total. The maximum Gasteiger partial charge on any atom is 0.255 e. The molecule has 0 unspecified atom stereocenters. The molecule has 42 heavy (non-hydrogen) atoms. The second kappa shape index (κ2) is 11.5. The smallest absolute Gasteiger partial charge is 0.255 e. The van der Waals surface area contributed by atoms with E-state index in [0.717, 1.165) is 33.8 Å². The van der Waals surface area contributed by atoms with Gasteiger partial charge in [-0.2, -0.15) is 0 Å². The number of hydrogen-bond donors (Lipinski definition) is 3. The van der Waals surface area contributed by atoms with E-state index in [1.54, 1.807) is 6.20 Å². The first-order valence-electron chi connectivity index (χ1n) is 14.0. The van der Waals surface area contributed by atoms with Gasteiger partial charge in [0.15, 0.2) is 11.5 Å². The maximum absolute atomic E-state index is 13.1. The van der Waals surface area contributed by atoms with Gasteiger partial charge in [-0.1, -0.05) is 57.2 Å². The van der Waals surface area contributed by atoms with Gasteiger partial charge in [0.05, 0.1) is 11.5 Å². The summed E-state index contributed by atoms with van der Waals surface area (Å²) in [7, 11) is 3.76. The van der Waals surface area contributed by atoms with Gasteiger partial charge < -0.3 is 19.9 Å². The number of hydrogen-bond acceptors (Lipinski definition) is 5. The van der Waals surface area contributed by atoms with Crippen LogP contribution in [0.15, 0.2) is 85.3 Å². The Morgan fingerprint density at radius 3 is 2.38 bits per heavy atom. The van der Waals surface area contributed by atoms with E-state index in [-0.39, 0.29) is 11.3 Å². The van der Waals surface area contributed by atoms with E-state index in [4.69, 9.17) is 10.4 Å². The van der Waals surface area contributed by atoms with Crippen LogP contribution < -0.4 is 10.6 Å². The van der Waals surface area contributed by atoms with Gasteiger partial charge in [0.2, 0.25) is 0 Å². The summed E-state index contributed by atoms with van der Waals surface area (Å²) in [5, 5.41) is 14.6. The van der Waals surface area contributed by atoms with Crippen LogP contribution in [0.2, 0.25) is 0 Å². The third-order valence-electron chi connectivity index (χ3n) is 7.37. The zero-order valence-corrected chi connectivity index (χ0v) is 25.0. The van der Waals surface area contributed by atoms with Crippen LogP contribution in [0.1, 0.15) is 47.8 Å². The maximum atomic E-state index is 13.1. The molecule has 5 aromatic rings. The van der Waals surface area contributed by atoms with Crippen molar-refractivity contribution in [3.8, 4) is 11.3 Å². The topological polar surface area (TPSA) is 98.4 Å². The number of rotatable bonds is 7. The van der Waals surface area contributed by atoms with Crippen molar-refractivity contribution in [1.29, 1.82) is 5.41 Å². The molecular formula is C34H37N7O. The molecule has 0 radical (unpaired) electrons. The lowest BCUT2D eigenvalue weighted by Crippen LogP contribution is -2.22. The van der Waals surface area contributed by atoms with Gasteiger partial charge >= 0.3 is 0 Å². The van der Waals surface area contributed by atoms with E-state index in [0.29, 0.717) is 29.3 Å². The molecule has 1 amide bonds. The zero-order chi connectivity index (χ0) is 30.0. The summed E-state index contributed by atoms with van der Waals surface area (Å²) in [4.78, 5) is 24.4. The molecule has 0 spiro atoms. The Morgan fingerprint density at radius 2 is 1.71 bits per heavy atom. The molecule has 0 atom stereocenters. The molecule has 5 rings (SSSR count). The molecule has 0 aliphatic rings. The lowest BCUT2D eigenvalue weighted by Gasteiger charge is -2.19. The number of aromatic nitrogens is 3. The highest BCUT2D eigenvalue weighted by atomic mass is 16.1. The Hall–Kier alpha value is -4.98. The van der Waals surface area contributed by atoms with Gasteiger partial charge in [-0.05, 0) is 59.4 Å². The summed E-state index contributed by atoms with van der Waals surface area (Å²) in [6.45, 7) is 8.46. The van der Waals surface area contributed by atoms with Crippen LogP contribution in [0.25, 0.3) is 16.9 Å². The summed E-state index contributed by atoms with van der Waals surface area (Å²) in [6.07, 6.45) is 6.16. The first-order valence-corrected chi connectivity index (χ1v) is 14.0. The predicted molar refractivity (Wildman–Crippen MR) is 171 cm³/mol. The number of nitrogens with one attached hydrogen (secondary N) is 3. The molecular weight excluding hydrogens is 522 g/mol. The van der Waals surface area contributed by atoms with E-state index in [2.05, 4.69) is 36.4 Å². The van der Waals surface area contributed by atoms with E-state index in [1.165, 1.54) is 5.56 Å². The number of amidine groups is 1. The van der Waals surface area contributed by atoms with Crippen molar-refractivity contribution in [2.45, 2.75) is 39.5 Å². The number of carbonyl (C=O) groups excluding carboxylic acids is 1. The summed E-state index contributed by atoms with van der Waals surface area (Å²) >= 11 is 0. The predicted octanol–water partition coefficient (Wildman–Crippen LogP) is 7.08. The van der Waals surface area contributed by atoms with Crippen LogP contribution in [0.3, 0.4) is 0 Å². The molecule has 8 heteroatoms. The number of imidazole rings is 1. The van der Waals surface area contributed by atoms with Gasteiger partial charge in [-0.15, -0.1) is 0 Å².